The molecule has 1 aliphatic heterocycles. The molecule has 124 valence electrons. The lowest BCUT2D eigenvalue weighted by atomic mass is 10.1. The highest BCUT2D eigenvalue weighted by Gasteiger charge is 2.28. The van der Waals surface area contributed by atoms with Crippen LogP contribution in [-0.4, -0.2) is 24.3 Å². The quantitative estimate of drug-likeness (QED) is 0.785. The first-order valence-electron chi connectivity index (χ1n) is 8.33. The van der Waals surface area contributed by atoms with Gasteiger partial charge in [0.05, 0.1) is 12.2 Å². The number of anilines is 1. The maximum absolute atomic E-state index is 12.7. The number of Topliss-reactive ketones (excluding diaryl/α,β-unsaturated/α-hetero) is 1. The molecule has 0 N–H and O–H groups in total. The average Bonchev–Trinajstić information content (AvgIpc) is 2.65. The summed E-state index contributed by atoms with van der Waals surface area (Å²) in [6, 6.07) is 16.7. The van der Waals surface area contributed by atoms with E-state index in [4.69, 9.17) is 4.74 Å². The molecule has 1 atom stereocenters. The normalized spacial score (nSPS) is 16.2. The number of nitrogens with zero attached hydrogens (tertiary/aromatic N) is 1. The van der Waals surface area contributed by atoms with Crippen molar-refractivity contribution in [3.8, 4) is 5.75 Å². The largest absolute Gasteiger partial charge is 0.486 e. The van der Waals surface area contributed by atoms with Gasteiger partial charge in [-0.1, -0.05) is 49.4 Å². The molecular formula is C20H21NO3. The van der Waals surface area contributed by atoms with Crippen LogP contribution >= 0.6 is 0 Å². The van der Waals surface area contributed by atoms with Crippen molar-refractivity contribution in [2.24, 2.45) is 0 Å². The molecule has 0 saturated carbocycles. The monoisotopic (exact) mass is 323 g/mol. The Balaban J connectivity index is 1.69. The van der Waals surface area contributed by atoms with Gasteiger partial charge >= 0.3 is 0 Å². The van der Waals surface area contributed by atoms with Gasteiger partial charge in [0.15, 0.2) is 5.78 Å². The summed E-state index contributed by atoms with van der Waals surface area (Å²) in [7, 11) is 0. The highest BCUT2D eigenvalue weighted by molar-refractivity contribution is 6.01. The summed E-state index contributed by atoms with van der Waals surface area (Å²) in [5, 5.41) is 0. The first-order chi connectivity index (χ1) is 11.7. The summed E-state index contributed by atoms with van der Waals surface area (Å²) in [4.78, 5) is 26.6. The molecule has 3 rings (SSSR count). The van der Waals surface area contributed by atoms with Crippen molar-refractivity contribution in [1.82, 2.24) is 0 Å². The third-order valence-electron chi connectivity index (χ3n) is 4.25. The molecule has 0 saturated heterocycles. The lowest BCUT2D eigenvalue weighted by Gasteiger charge is -2.34. The first kappa shape index (κ1) is 16.2. The minimum atomic E-state index is -0.0338. The predicted molar refractivity (Wildman–Crippen MR) is 93.5 cm³/mol. The van der Waals surface area contributed by atoms with Gasteiger partial charge in [0.1, 0.15) is 11.9 Å². The van der Waals surface area contributed by atoms with E-state index < -0.39 is 0 Å². The maximum atomic E-state index is 12.7. The fraction of sp³-hybridized carbons (Fsp3) is 0.300. The van der Waals surface area contributed by atoms with Crippen molar-refractivity contribution in [2.75, 3.05) is 11.4 Å². The topological polar surface area (TPSA) is 46.6 Å². The molecule has 0 aromatic heterocycles. The van der Waals surface area contributed by atoms with E-state index in [9.17, 15) is 9.59 Å². The fourth-order valence-corrected chi connectivity index (χ4v) is 2.87. The van der Waals surface area contributed by atoms with Crippen molar-refractivity contribution >= 4 is 17.4 Å². The summed E-state index contributed by atoms with van der Waals surface area (Å²) in [6.45, 7) is 2.58. The third-order valence-corrected chi connectivity index (χ3v) is 4.25. The number of hydrogen-bond donors (Lipinski definition) is 0. The Morgan fingerprint density at radius 3 is 2.50 bits per heavy atom. The number of ketones is 1. The summed E-state index contributed by atoms with van der Waals surface area (Å²) < 4.78 is 5.90. The van der Waals surface area contributed by atoms with Crippen LogP contribution in [0, 0.1) is 0 Å². The fourth-order valence-electron chi connectivity index (χ4n) is 2.87. The summed E-state index contributed by atoms with van der Waals surface area (Å²) in [6.07, 6.45) is 1.26. The van der Waals surface area contributed by atoms with Gasteiger partial charge in [0, 0.05) is 18.4 Å². The van der Waals surface area contributed by atoms with Crippen molar-refractivity contribution in [1.29, 1.82) is 0 Å². The number of para-hydroxylation sites is 2. The van der Waals surface area contributed by atoms with Crippen LogP contribution < -0.4 is 9.64 Å². The van der Waals surface area contributed by atoms with Crippen molar-refractivity contribution in [2.45, 2.75) is 32.3 Å². The zero-order valence-electron chi connectivity index (χ0n) is 13.8. The van der Waals surface area contributed by atoms with E-state index in [1.54, 1.807) is 17.0 Å². The first-order valence-corrected chi connectivity index (χ1v) is 8.33. The Morgan fingerprint density at radius 2 is 1.75 bits per heavy atom. The second-order valence-electron chi connectivity index (χ2n) is 5.91. The van der Waals surface area contributed by atoms with Crippen LogP contribution in [0.1, 0.15) is 36.5 Å². The summed E-state index contributed by atoms with van der Waals surface area (Å²) in [5.41, 5.74) is 1.44. The van der Waals surface area contributed by atoms with E-state index in [-0.39, 0.29) is 30.6 Å². The number of fused-ring (bicyclic) bond motifs is 1. The van der Waals surface area contributed by atoms with Gasteiger partial charge in [0.25, 0.3) is 0 Å². The number of benzene rings is 2. The Kier molecular flexibility index (Phi) is 4.94. The van der Waals surface area contributed by atoms with Gasteiger partial charge in [-0.05, 0) is 18.6 Å². The third kappa shape index (κ3) is 3.48. The number of carbonyl (C=O) groups is 2. The second-order valence-corrected chi connectivity index (χ2v) is 5.91. The molecule has 1 heterocycles. The summed E-state index contributed by atoms with van der Waals surface area (Å²) >= 11 is 0. The Bertz CT molecular complexity index is 727. The van der Waals surface area contributed by atoms with E-state index >= 15 is 0 Å². The number of hydrogen-bond acceptors (Lipinski definition) is 3. The van der Waals surface area contributed by atoms with Gasteiger partial charge in [-0.25, -0.2) is 0 Å². The predicted octanol–water partition coefficient (Wildman–Crippen LogP) is 3.85. The molecular weight excluding hydrogens is 302 g/mol. The maximum Gasteiger partial charge on any atom is 0.227 e. The molecule has 1 aliphatic rings. The molecule has 4 nitrogen and oxygen atoms in total. The molecule has 0 fully saturated rings. The molecule has 1 amide bonds. The molecule has 24 heavy (non-hydrogen) atoms. The average molecular weight is 323 g/mol. The van der Waals surface area contributed by atoms with Crippen LogP contribution in [-0.2, 0) is 4.79 Å². The van der Waals surface area contributed by atoms with Crippen LogP contribution in [0.2, 0.25) is 0 Å². The minimum Gasteiger partial charge on any atom is -0.486 e. The lowest BCUT2D eigenvalue weighted by Crippen LogP contribution is -2.43. The van der Waals surface area contributed by atoms with Crippen LogP contribution in [0.15, 0.2) is 54.6 Å². The second kappa shape index (κ2) is 7.30. The van der Waals surface area contributed by atoms with Crippen molar-refractivity contribution < 1.29 is 14.3 Å². The molecule has 2 aromatic rings. The van der Waals surface area contributed by atoms with E-state index in [0.717, 1.165) is 17.9 Å². The Morgan fingerprint density at radius 1 is 1.04 bits per heavy atom. The molecule has 4 heteroatoms. The SMILES string of the molecule is CCC1CN(C(=O)CCC(=O)c2ccccc2)c2ccccc2O1. The van der Waals surface area contributed by atoms with Gasteiger partial charge in [-0.15, -0.1) is 0 Å². The van der Waals surface area contributed by atoms with E-state index in [0.29, 0.717) is 12.1 Å². The van der Waals surface area contributed by atoms with Crippen LogP contribution in [0.25, 0.3) is 0 Å². The zero-order valence-corrected chi connectivity index (χ0v) is 13.8. The zero-order chi connectivity index (χ0) is 16.9. The van der Waals surface area contributed by atoms with Gasteiger partial charge in [-0.2, -0.15) is 0 Å². The number of ether oxygens (including phenoxy) is 1. The Labute approximate surface area is 142 Å². The number of carbonyl (C=O) groups excluding carboxylic acids is 2. The molecule has 0 bridgehead atoms. The minimum absolute atomic E-state index is 0.00228. The Hall–Kier alpha value is -2.62. The number of rotatable bonds is 5. The van der Waals surface area contributed by atoms with E-state index in [1.165, 1.54) is 0 Å². The molecule has 0 radical (unpaired) electrons. The van der Waals surface area contributed by atoms with Crippen LogP contribution in [0.4, 0.5) is 5.69 Å². The van der Waals surface area contributed by atoms with E-state index in [1.807, 2.05) is 49.4 Å². The van der Waals surface area contributed by atoms with Gasteiger partial charge < -0.3 is 9.64 Å². The number of amides is 1. The standard InChI is InChI=1S/C20H21NO3/c1-2-16-14-21(17-10-6-7-11-19(17)24-16)20(23)13-12-18(22)15-8-4-3-5-9-15/h3-11,16H,2,12-14H2,1H3. The smallest absolute Gasteiger partial charge is 0.227 e. The highest BCUT2D eigenvalue weighted by atomic mass is 16.5. The van der Waals surface area contributed by atoms with Crippen LogP contribution in [0.5, 0.6) is 5.75 Å². The van der Waals surface area contributed by atoms with Crippen molar-refractivity contribution in [3.63, 3.8) is 0 Å². The molecule has 0 spiro atoms. The van der Waals surface area contributed by atoms with Crippen molar-refractivity contribution in [3.05, 3.63) is 60.2 Å². The van der Waals surface area contributed by atoms with Crippen LogP contribution in [0.3, 0.4) is 0 Å². The lowest BCUT2D eigenvalue weighted by molar-refractivity contribution is -0.119. The van der Waals surface area contributed by atoms with Gasteiger partial charge in [-0.3, -0.25) is 9.59 Å². The van der Waals surface area contributed by atoms with E-state index in [2.05, 4.69) is 0 Å². The molecule has 1 unspecified atom stereocenters. The molecule has 0 aliphatic carbocycles. The summed E-state index contributed by atoms with van der Waals surface area (Å²) in [5.74, 6) is 0.698. The molecule has 2 aromatic carbocycles. The highest BCUT2D eigenvalue weighted by Crippen LogP contribution is 2.34. The van der Waals surface area contributed by atoms with Gasteiger partial charge in [0.2, 0.25) is 5.91 Å².